The summed E-state index contributed by atoms with van der Waals surface area (Å²) in [4.78, 5) is 47.0. The number of carbonyl (C=O) groups excluding carboxylic acids is 2. The van der Waals surface area contributed by atoms with E-state index in [1.165, 1.54) is 4.90 Å². The Balaban J connectivity index is 1.70. The van der Waals surface area contributed by atoms with E-state index >= 15 is 0 Å². The number of anilines is 2. The molecule has 0 fully saturated rings. The lowest BCUT2D eigenvalue weighted by Gasteiger charge is -2.19. The molecule has 1 aliphatic rings. The quantitative estimate of drug-likeness (QED) is 0.242. The number of nitrogens with one attached hydrogen (secondary N) is 2. The second-order valence-corrected chi connectivity index (χ2v) is 10.4. The second kappa shape index (κ2) is 12.3. The molecule has 0 atom stereocenters. The molecule has 1 aliphatic heterocycles. The Morgan fingerprint density at radius 3 is 2.56 bits per heavy atom. The molecule has 0 radical (unpaired) electrons. The third kappa shape index (κ3) is 5.77. The fraction of sp³-hybridized carbons (Fsp3) is 0.414. The maximum Gasteiger partial charge on any atom is 0.260 e. The highest BCUT2D eigenvalue weighted by Gasteiger charge is 2.38. The van der Waals surface area contributed by atoms with Gasteiger partial charge in [-0.2, -0.15) is 4.98 Å². The van der Waals surface area contributed by atoms with Gasteiger partial charge < -0.3 is 25.7 Å². The summed E-state index contributed by atoms with van der Waals surface area (Å²) < 4.78 is 5.55. The van der Waals surface area contributed by atoms with E-state index in [9.17, 15) is 9.59 Å². The van der Waals surface area contributed by atoms with Crippen molar-refractivity contribution in [1.82, 2.24) is 30.2 Å². The highest BCUT2D eigenvalue weighted by Crippen LogP contribution is 2.42. The first-order chi connectivity index (χ1) is 19.5. The number of aryl methyl sites for hydroxylation is 2. The van der Waals surface area contributed by atoms with E-state index in [-0.39, 0.29) is 29.5 Å². The van der Waals surface area contributed by atoms with Gasteiger partial charge in [0.1, 0.15) is 10.9 Å². The third-order valence-electron chi connectivity index (χ3n) is 7.52. The van der Waals surface area contributed by atoms with Crippen molar-refractivity contribution in [2.24, 2.45) is 0 Å². The average Bonchev–Trinajstić information content (AvgIpc) is 3.35. The highest BCUT2D eigenvalue weighted by atomic mass is 35.5. The van der Waals surface area contributed by atoms with Gasteiger partial charge in [0.05, 0.1) is 36.0 Å². The van der Waals surface area contributed by atoms with Crippen LogP contribution in [0.25, 0.3) is 11.6 Å². The summed E-state index contributed by atoms with van der Waals surface area (Å²) in [5.41, 5.74) is 11.5. The molecule has 218 valence electrons. The number of rotatable bonds is 10. The van der Waals surface area contributed by atoms with Crippen molar-refractivity contribution in [3.63, 3.8) is 0 Å². The first-order valence-corrected chi connectivity index (χ1v) is 14.0. The SMILES string of the molecule is CCN(CC)CCNC(=O)c1c(C)[nH]c(/C=C2/C(=O)N(Cc3ncc(C)c(OC)c3C)c3nc(N)nc(Cl)c32)c1C. The van der Waals surface area contributed by atoms with E-state index in [0.717, 1.165) is 36.3 Å². The van der Waals surface area contributed by atoms with E-state index < -0.39 is 0 Å². The summed E-state index contributed by atoms with van der Waals surface area (Å²) in [6.45, 7) is 14.9. The number of nitrogens with zero attached hydrogens (tertiary/aromatic N) is 5. The minimum Gasteiger partial charge on any atom is -0.496 e. The average molecular weight is 581 g/mol. The number of hydrogen-bond acceptors (Lipinski definition) is 8. The number of aromatic amines is 1. The van der Waals surface area contributed by atoms with Crippen molar-refractivity contribution in [2.75, 3.05) is 43.9 Å². The molecule has 4 heterocycles. The van der Waals surface area contributed by atoms with Crippen molar-refractivity contribution in [1.29, 1.82) is 0 Å². The lowest BCUT2D eigenvalue weighted by atomic mass is 10.1. The second-order valence-electron chi connectivity index (χ2n) is 10.0. The van der Waals surface area contributed by atoms with Crippen LogP contribution < -0.4 is 20.7 Å². The maximum absolute atomic E-state index is 13.9. The number of methoxy groups -OCH3 is 1. The molecule has 0 bridgehead atoms. The van der Waals surface area contributed by atoms with Gasteiger partial charge in [0.2, 0.25) is 5.95 Å². The number of aromatic nitrogens is 4. The lowest BCUT2D eigenvalue weighted by Crippen LogP contribution is -2.35. The van der Waals surface area contributed by atoms with E-state index in [2.05, 4.69) is 44.0 Å². The minimum atomic E-state index is -0.334. The molecule has 2 amide bonds. The van der Waals surface area contributed by atoms with Crippen LogP contribution in [0.4, 0.5) is 11.8 Å². The molecule has 0 aromatic carbocycles. The Labute approximate surface area is 245 Å². The zero-order valence-electron chi connectivity index (χ0n) is 24.6. The molecular weight excluding hydrogens is 544 g/mol. The lowest BCUT2D eigenvalue weighted by molar-refractivity contribution is -0.113. The number of likely N-dealkylation sites (N-methyl/N-ethyl adjacent to an activating group) is 1. The predicted octanol–water partition coefficient (Wildman–Crippen LogP) is 3.84. The number of fused-ring (bicyclic) bond motifs is 1. The first-order valence-electron chi connectivity index (χ1n) is 13.6. The van der Waals surface area contributed by atoms with Crippen molar-refractivity contribution < 1.29 is 14.3 Å². The summed E-state index contributed by atoms with van der Waals surface area (Å²) in [6.07, 6.45) is 3.40. The third-order valence-corrected chi connectivity index (χ3v) is 7.79. The molecule has 4 N–H and O–H groups in total. The molecule has 0 saturated heterocycles. The normalized spacial score (nSPS) is 13.8. The van der Waals surface area contributed by atoms with Crippen molar-refractivity contribution in [3.05, 3.63) is 56.2 Å². The number of nitrogens with two attached hydrogens (primary N) is 1. The number of pyridine rings is 1. The van der Waals surface area contributed by atoms with Gasteiger partial charge in [-0.05, 0) is 52.4 Å². The van der Waals surface area contributed by atoms with Crippen LogP contribution in [-0.4, -0.2) is 69.9 Å². The van der Waals surface area contributed by atoms with Crippen LogP contribution in [0, 0.1) is 27.7 Å². The van der Waals surface area contributed by atoms with Gasteiger partial charge in [-0.3, -0.25) is 19.5 Å². The summed E-state index contributed by atoms with van der Waals surface area (Å²) in [5.74, 6) is 0.457. The van der Waals surface area contributed by atoms with E-state index in [4.69, 9.17) is 22.1 Å². The van der Waals surface area contributed by atoms with Crippen LogP contribution in [0.1, 0.15) is 63.5 Å². The Morgan fingerprint density at radius 1 is 1.20 bits per heavy atom. The number of carbonyl (C=O) groups is 2. The molecule has 0 saturated carbocycles. The molecule has 0 aliphatic carbocycles. The largest absolute Gasteiger partial charge is 0.496 e. The first kappa shape index (κ1) is 30.0. The van der Waals surface area contributed by atoms with Crippen LogP contribution >= 0.6 is 11.6 Å². The van der Waals surface area contributed by atoms with E-state index in [1.807, 2.05) is 27.7 Å². The smallest absolute Gasteiger partial charge is 0.260 e. The van der Waals surface area contributed by atoms with Gasteiger partial charge in [0.25, 0.3) is 11.8 Å². The topological polar surface area (TPSA) is 142 Å². The molecule has 41 heavy (non-hydrogen) atoms. The molecule has 0 unspecified atom stereocenters. The van der Waals surface area contributed by atoms with Crippen molar-refractivity contribution >= 4 is 46.8 Å². The van der Waals surface area contributed by atoms with Crippen LogP contribution in [0.15, 0.2) is 6.20 Å². The zero-order chi connectivity index (χ0) is 30.0. The molecule has 11 nitrogen and oxygen atoms in total. The van der Waals surface area contributed by atoms with Gasteiger partial charge >= 0.3 is 0 Å². The summed E-state index contributed by atoms with van der Waals surface area (Å²) in [6, 6.07) is 0. The molecule has 4 rings (SSSR count). The Kier molecular flexibility index (Phi) is 8.98. The van der Waals surface area contributed by atoms with Crippen LogP contribution in [0.5, 0.6) is 5.75 Å². The minimum absolute atomic E-state index is 0.0467. The van der Waals surface area contributed by atoms with Gasteiger partial charge in [-0.1, -0.05) is 25.4 Å². The molecule has 3 aromatic heterocycles. The number of amides is 2. The Morgan fingerprint density at radius 2 is 1.90 bits per heavy atom. The molecule has 12 heteroatoms. The number of halogens is 1. The van der Waals surface area contributed by atoms with Gasteiger partial charge in [-0.25, -0.2) is 4.98 Å². The van der Waals surface area contributed by atoms with Crippen LogP contribution in [0.2, 0.25) is 5.15 Å². The van der Waals surface area contributed by atoms with Crippen LogP contribution in [-0.2, 0) is 11.3 Å². The van der Waals surface area contributed by atoms with E-state index in [1.54, 1.807) is 19.4 Å². The van der Waals surface area contributed by atoms with Gasteiger partial charge in [0.15, 0.2) is 5.82 Å². The van der Waals surface area contributed by atoms with Gasteiger partial charge in [0, 0.05) is 41.8 Å². The summed E-state index contributed by atoms with van der Waals surface area (Å²) >= 11 is 6.54. The molecule has 0 spiro atoms. The predicted molar refractivity (Wildman–Crippen MR) is 161 cm³/mol. The highest BCUT2D eigenvalue weighted by molar-refractivity contribution is 6.41. The number of nitrogen functional groups attached to an aromatic ring is 1. The number of ether oxygens (including phenoxy) is 1. The van der Waals surface area contributed by atoms with Crippen molar-refractivity contribution in [2.45, 2.75) is 48.1 Å². The number of hydrogen-bond donors (Lipinski definition) is 3. The van der Waals surface area contributed by atoms with Crippen molar-refractivity contribution in [3.8, 4) is 5.75 Å². The van der Waals surface area contributed by atoms with E-state index in [0.29, 0.717) is 51.9 Å². The monoisotopic (exact) mass is 580 g/mol. The number of H-pyrrole nitrogens is 1. The molecular formula is C29H37ClN8O3. The van der Waals surface area contributed by atoms with Gasteiger partial charge in [-0.15, -0.1) is 0 Å². The molecule has 3 aromatic rings. The Hall–Kier alpha value is -3.96. The fourth-order valence-corrected chi connectivity index (χ4v) is 5.51. The summed E-state index contributed by atoms with van der Waals surface area (Å²) in [5, 5.41) is 3.08. The Bertz CT molecular complexity index is 1530. The summed E-state index contributed by atoms with van der Waals surface area (Å²) in [7, 11) is 1.60. The standard InChI is InChI=1S/C29H37ClN8O3/c1-8-37(9-2)11-10-32-27(39)22-16(4)20(34-18(22)6)12-19-23-25(30)35-29(31)36-26(23)38(28(19)40)14-21-17(5)24(41-7)15(3)13-33-21/h12-13,34H,8-11,14H2,1-7H3,(H,32,39)(H2,31,35,36)/b19-12+. The van der Waals surface area contributed by atoms with Crippen LogP contribution in [0.3, 0.4) is 0 Å². The fourth-order valence-electron chi connectivity index (χ4n) is 5.23. The zero-order valence-corrected chi connectivity index (χ0v) is 25.4. The maximum atomic E-state index is 13.9.